The molecule has 1 aromatic carbocycles. The second kappa shape index (κ2) is 5.82. The summed E-state index contributed by atoms with van der Waals surface area (Å²) in [6.07, 6.45) is 0. The third kappa shape index (κ3) is 3.19. The second-order valence-corrected chi connectivity index (χ2v) is 7.85. The third-order valence-electron chi connectivity index (χ3n) is 2.53. The number of carbonyl (C=O) groups excluding carboxylic acids is 2. The van der Waals surface area contributed by atoms with Crippen molar-refractivity contribution < 1.29 is 18.4 Å². The summed E-state index contributed by atoms with van der Waals surface area (Å²) in [6, 6.07) is 9.21. The van der Waals surface area contributed by atoms with E-state index in [4.69, 9.17) is 8.85 Å². The molecule has 0 aliphatic rings. The highest BCUT2D eigenvalue weighted by atomic mass is 28.4. The average Bonchev–Trinajstić information content (AvgIpc) is 2.27. The third-order valence-corrected chi connectivity index (χ3v) is 6.37. The molecule has 98 valence electrons. The summed E-state index contributed by atoms with van der Waals surface area (Å²) in [5, 5.41) is 0.783. The van der Waals surface area contributed by atoms with Crippen LogP contribution in [0.2, 0.25) is 5.54 Å². The molecule has 0 amide bonds. The number of hydrogen-bond acceptors (Lipinski definition) is 4. The molecule has 0 radical (unpaired) electrons. The SMILES string of the molecule is CC(=O)O[Si](OC(C)=O)(c1ccccc1)C(C)C. The predicted octanol–water partition coefficient (Wildman–Crippen LogP) is 1.87. The van der Waals surface area contributed by atoms with Crippen molar-refractivity contribution in [2.75, 3.05) is 0 Å². The monoisotopic (exact) mass is 266 g/mol. The van der Waals surface area contributed by atoms with Gasteiger partial charge in [0, 0.05) is 24.6 Å². The highest BCUT2D eigenvalue weighted by Gasteiger charge is 2.49. The van der Waals surface area contributed by atoms with Crippen molar-refractivity contribution in [1.82, 2.24) is 0 Å². The van der Waals surface area contributed by atoms with Crippen LogP contribution in [-0.2, 0) is 18.4 Å². The minimum Gasteiger partial charge on any atom is -0.482 e. The van der Waals surface area contributed by atoms with Crippen LogP contribution in [0.3, 0.4) is 0 Å². The zero-order chi connectivity index (χ0) is 13.8. The fourth-order valence-corrected chi connectivity index (χ4v) is 4.73. The Morgan fingerprint density at radius 3 is 1.78 bits per heavy atom. The summed E-state index contributed by atoms with van der Waals surface area (Å²) in [7, 11) is -3.07. The first kappa shape index (κ1) is 14.4. The molecule has 0 atom stereocenters. The van der Waals surface area contributed by atoms with Gasteiger partial charge in [-0.2, -0.15) is 0 Å². The first-order valence-corrected chi connectivity index (χ1v) is 7.72. The van der Waals surface area contributed by atoms with Crippen LogP contribution in [0.1, 0.15) is 27.7 Å². The lowest BCUT2D eigenvalue weighted by Gasteiger charge is -2.32. The molecular weight excluding hydrogens is 248 g/mol. The lowest BCUT2D eigenvalue weighted by atomic mass is 10.4. The van der Waals surface area contributed by atoms with Crippen LogP contribution in [-0.4, -0.2) is 20.5 Å². The minimum atomic E-state index is -3.07. The Balaban J connectivity index is 3.28. The molecule has 0 fully saturated rings. The van der Waals surface area contributed by atoms with E-state index in [0.717, 1.165) is 5.19 Å². The van der Waals surface area contributed by atoms with Crippen molar-refractivity contribution in [3.8, 4) is 0 Å². The van der Waals surface area contributed by atoms with Gasteiger partial charge in [0.15, 0.2) is 0 Å². The first-order valence-electron chi connectivity index (χ1n) is 5.83. The van der Waals surface area contributed by atoms with Gasteiger partial charge in [-0.15, -0.1) is 0 Å². The summed E-state index contributed by atoms with van der Waals surface area (Å²) in [5.41, 5.74) is -0.0623. The fraction of sp³-hybridized carbons (Fsp3) is 0.385. The average molecular weight is 266 g/mol. The summed E-state index contributed by atoms with van der Waals surface area (Å²) < 4.78 is 10.9. The van der Waals surface area contributed by atoms with Gasteiger partial charge >= 0.3 is 8.56 Å². The molecule has 0 N–H and O–H groups in total. The standard InChI is InChI=1S/C13H18O4Si/c1-10(2)18(16-11(3)14,17-12(4)15)13-8-6-5-7-9-13/h5-10H,1-4H3. The van der Waals surface area contributed by atoms with Gasteiger partial charge in [0.2, 0.25) is 0 Å². The molecule has 4 nitrogen and oxygen atoms in total. The van der Waals surface area contributed by atoms with Crippen LogP contribution in [0.4, 0.5) is 0 Å². The maximum Gasteiger partial charge on any atom is 0.502 e. The van der Waals surface area contributed by atoms with E-state index in [0.29, 0.717) is 0 Å². The van der Waals surface area contributed by atoms with Crippen molar-refractivity contribution in [1.29, 1.82) is 0 Å². The van der Waals surface area contributed by atoms with E-state index in [-0.39, 0.29) is 5.54 Å². The van der Waals surface area contributed by atoms with Gasteiger partial charge in [-0.1, -0.05) is 44.2 Å². The van der Waals surface area contributed by atoms with Crippen LogP contribution >= 0.6 is 0 Å². The highest BCUT2D eigenvalue weighted by molar-refractivity contribution is 6.84. The smallest absolute Gasteiger partial charge is 0.482 e. The topological polar surface area (TPSA) is 52.6 Å². The van der Waals surface area contributed by atoms with Crippen molar-refractivity contribution in [3.05, 3.63) is 30.3 Å². The molecule has 0 aliphatic carbocycles. The highest BCUT2D eigenvalue weighted by Crippen LogP contribution is 2.24. The Hall–Kier alpha value is -1.62. The largest absolute Gasteiger partial charge is 0.502 e. The zero-order valence-electron chi connectivity index (χ0n) is 11.1. The Kier molecular flexibility index (Phi) is 4.67. The fourth-order valence-electron chi connectivity index (χ4n) is 1.81. The predicted molar refractivity (Wildman–Crippen MR) is 70.5 cm³/mol. The van der Waals surface area contributed by atoms with Crippen molar-refractivity contribution in [2.24, 2.45) is 0 Å². The van der Waals surface area contributed by atoms with Gasteiger partial charge in [-0.25, -0.2) is 0 Å². The van der Waals surface area contributed by atoms with Gasteiger partial charge in [-0.05, 0) is 0 Å². The van der Waals surface area contributed by atoms with E-state index in [2.05, 4.69) is 0 Å². The first-order chi connectivity index (χ1) is 8.38. The summed E-state index contributed by atoms with van der Waals surface area (Å²) >= 11 is 0. The molecule has 0 bridgehead atoms. The number of benzene rings is 1. The molecule has 0 unspecified atom stereocenters. The molecule has 0 saturated heterocycles. The summed E-state index contributed by atoms with van der Waals surface area (Å²) in [5.74, 6) is -0.860. The van der Waals surface area contributed by atoms with Gasteiger partial charge in [0.25, 0.3) is 11.9 Å². The Bertz CT molecular complexity index is 412. The van der Waals surface area contributed by atoms with Crippen molar-refractivity contribution in [2.45, 2.75) is 33.2 Å². The van der Waals surface area contributed by atoms with Crippen molar-refractivity contribution >= 4 is 25.7 Å². The second-order valence-electron chi connectivity index (χ2n) is 4.38. The quantitative estimate of drug-likeness (QED) is 0.781. The lowest BCUT2D eigenvalue weighted by molar-refractivity contribution is -0.138. The van der Waals surface area contributed by atoms with E-state index in [1.165, 1.54) is 13.8 Å². The Labute approximate surface area is 108 Å². The zero-order valence-corrected chi connectivity index (χ0v) is 12.1. The maximum atomic E-state index is 11.3. The molecule has 0 aromatic heterocycles. The number of rotatable bonds is 4. The van der Waals surface area contributed by atoms with E-state index in [1.54, 1.807) is 0 Å². The molecular formula is C13H18O4Si. The normalized spacial score (nSPS) is 11.2. The van der Waals surface area contributed by atoms with Crippen LogP contribution in [0.15, 0.2) is 30.3 Å². The maximum absolute atomic E-state index is 11.3. The molecule has 0 spiro atoms. The Morgan fingerprint density at radius 1 is 1.00 bits per heavy atom. The molecule has 5 heteroatoms. The van der Waals surface area contributed by atoms with Crippen molar-refractivity contribution in [3.63, 3.8) is 0 Å². The lowest BCUT2D eigenvalue weighted by Crippen LogP contribution is -2.58. The van der Waals surface area contributed by atoms with E-state index >= 15 is 0 Å². The summed E-state index contributed by atoms with van der Waals surface area (Å²) in [4.78, 5) is 22.7. The molecule has 1 rings (SSSR count). The Morgan fingerprint density at radius 2 is 1.44 bits per heavy atom. The molecule has 0 saturated carbocycles. The van der Waals surface area contributed by atoms with E-state index in [1.807, 2.05) is 44.2 Å². The van der Waals surface area contributed by atoms with Crippen LogP contribution < -0.4 is 5.19 Å². The molecule has 0 heterocycles. The van der Waals surface area contributed by atoms with Gasteiger partial charge in [0.1, 0.15) is 0 Å². The van der Waals surface area contributed by atoms with Crippen LogP contribution in [0.5, 0.6) is 0 Å². The molecule has 1 aromatic rings. The number of hydrogen-bond donors (Lipinski definition) is 0. The minimum absolute atomic E-state index is 0.0623. The van der Waals surface area contributed by atoms with Crippen LogP contribution in [0, 0.1) is 0 Å². The van der Waals surface area contributed by atoms with Crippen LogP contribution in [0.25, 0.3) is 0 Å². The van der Waals surface area contributed by atoms with E-state index in [9.17, 15) is 9.59 Å². The van der Waals surface area contributed by atoms with E-state index < -0.39 is 20.5 Å². The molecule has 18 heavy (non-hydrogen) atoms. The summed E-state index contributed by atoms with van der Waals surface area (Å²) in [6.45, 7) is 6.45. The van der Waals surface area contributed by atoms with Gasteiger partial charge in [0.05, 0.1) is 0 Å². The number of carbonyl (C=O) groups is 2. The molecule has 0 aliphatic heterocycles. The van der Waals surface area contributed by atoms with Gasteiger partial charge in [-0.3, -0.25) is 9.59 Å². The van der Waals surface area contributed by atoms with Gasteiger partial charge < -0.3 is 8.85 Å².